The number of hydrogen-bond acceptors (Lipinski definition) is 2. The molecule has 2 saturated heterocycles. The zero-order valence-electron chi connectivity index (χ0n) is 12.9. The van der Waals surface area contributed by atoms with E-state index in [4.69, 9.17) is 0 Å². The van der Waals surface area contributed by atoms with Gasteiger partial charge in [-0.25, -0.2) is 0 Å². The normalized spacial score (nSPS) is 31.8. The molecule has 114 valence electrons. The van der Waals surface area contributed by atoms with Crippen molar-refractivity contribution in [2.45, 2.75) is 51.9 Å². The quantitative estimate of drug-likeness (QED) is 0.838. The molecule has 20 heavy (non-hydrogen) atoms. The molecule has 3 nitrogen and oxygen atoms in total. The van der Waals surface area contributed by atoms with Gasteiger partial charge in [0.25, 0.3) is 0 Å². The van der Waals surface area contributed by atoms with Crippen LogP contribution in [0.1, 0.15) is 51.9 Å². The predicted octanol–water partition coefficient (Wildman–Crippen LogP) is 2.66. The number of carbonyl (C=O) groups excluding carboxylic acids is 1. The highest BCUT2D eigenvalue weighted by molar-refractivity contribution is 5.79. The zero-order valence-corrected chi connectivity index (χ0v) is 12.9. The van der Waals surface area contributed by atoms with Gasteiger partial charge in [-0.15, -0.1) is 0 Å². The molecule has 0 spiro atoms. The van der Waals surface area contributed by atoms with Crippen LogP contribution >= 0.6 is 0 Å². The molecule has 1 amide bonds. The van der Waals surface area contributed by atoms with Crippen molar-refractivity contribution in [3.05, 3.63) is 0 Å². The van der Waals surface area contributed by atoms with Crippen molar-refractivity contribution in [3.8, 4) is 0 Å². The summed E-state index contributed by atoms with van der Waals surface area (Å²) in [5, 5.41) is 3.46. The van der Waals surface area contributed by atoms with Gasteiger partial charge in [-0.1, -0.05) is 39.0 Å². The van der Waals surface area contributed by atoms with Crippen molar-refractivity contribution in [3.63, 3.8) is 0 Å². The molecule has 3 atom stereocenters. The number of carbonyl (C=O) groups is 1. The highest BCUT2D eigenvalue weighted by atomic mass is 16.2. The van der Waals surface area contributed by atoms with Crippen LogP contribution in [0.5, 0.6) is 0 Å². The van der Waals surface area contributed by atoms with E-state index in [9.17, 15) is 4.79 Å². The molecule has 3 fully saturated rings. The van der Waals surface area contributed by atoms with Gasteiger partial charge in [-0.3, -0.25) is 4.79 Å². The molecule has 0 aromatic heterocycles. The minimum Gasteiger partial charge on any atom is -0.342 e. The zero-order chi connectivity index (χ0) is 13.9. The SMILES string of the molecule is CCCC(CC1CCCC1)C(=O)N1C[C@H]2CNC[C@H]2C1. The van der Waals surface area contributed by atoms with Crippen LogP contribution in [-0.2, 0) is 4.79 Å². The fourth-order valence-electron chi connectivity index (χ4n) is 4.63. The smallest absolute Gasteiger partial charge is 0.225 e. The van der Waals surface area contributed by atoms with Gasteiger partial charge in [0.15, 0.2) is 0 Å². The second-order valence-electron chi connectivity index (χ2n) is 7.29. The number of rotatable bonds is 5. The first-order chi connectivity index (χ1) is 9.78. The Kier molecular flexibility index (Phi) is 4.65. The molecule has 2 aliphatic heterocycles. The third-order valence-electron chi connectivity index (χ3n) is 5.78. The van der Waals surface area contributed by atoms with Gasteiger partial charge in [-0.2, -0.15) is 0 Å². The lowest BCUT2D eigenvalue weighted by Crippen LogP contribution is -2.37. The van der Waals surface area contributed by atoms with Crippen LogP contribution < -0.4 is 5.32 Å². The Morgan fingerprint density at radius 1 is 1.20 bits per heavy atom. The molecule has 1 unspecified atom stereocenters. The molecular formula is C17H30N2O. The monoisotopic (exact) mass is 278 g/mol. The highest BCUT2D eigenvalue weighted by Crippen LogP contribution is 2.34. The van der Waals surface area contributed by atoms with Crippen molar-refractivity contribution >= 4 is 5.91 Å². The molecule has 3 rings (SSSR count). The van der Waals surface area contributed by atoms with Crippen molar-refractivity contribution in [2.75, 3.05) is 26.2 Å². The third-order valence-corrected chi connectivity index (χ3v) is 5.78. The fraction of sp³-hybridized carbons (Fsp3) is 0.941. The lowest BCUT2D eigenvalue weighted by Gasteiger charge is -2.26. The lowest BCUT2D eigenvalue weighted by atomic mass is 9.89. The summed E-state index contributed by atoms with van der Waals surface area (Å²) in [7, 11) is 0. The summed E-state index contributed by atoms with van der Waals surface area (Å²) in [5.74, 6) is 3.09. The Morgan fingerprint density at radius 2 is 1.85 bits per heavy atom. The average molecular weight is 278 g/mol. The first-order valence-electron chi connectivity index (χ1n) is 8.77. The van der Waals surface area contributed by atoms with Crippen LogP contribution in [0.4, 0.5) is 0 Å². The van der Waals surface area contributed by atoms with Crippen molar-refractivity contribution in [1.29, 1.82) is 0 Å². The summed E-state index contributed by atoms with van der Waals surface area (Å²) < 4.78 is 0. The van der Waals surface area contributed by atoms with Crippen LogP contribution in [0, 0.1) is 23.7 Å². The largest absolute Gasteiger partial charge is 0.342 e. The second-order valence-corrected chi connectivity index (χ2v) is 7.29. The molecule has 0 aromatic rings. The van der Waals surface area contributed by atoms with Crippen LogP contribution in [0.3, 0.4) is 0 Å². The van der Waals surface area contributed by atoms with Gasteiger partial charge in [0.1, 0.15) is 0 Å². The topological polar surface area (TPSA) is 32.3 Å². The Hall–Kier alpha value is -0.570. The molecule has 3 heteroatoms. The maximum atomic E-state index is 12.9. The number of nitrogens with zero attached hydrogens (tertiary/aromatic N) is 1. The summed E-state index contributed by atoms with van der Waals surface area (Å²) in [6.45, 7) is 6.49. The molecule has 0 aromatic carbocycles. The Balaban J connectivity index is 1.57. The van der Waals surface area contributed by atoms with Crippen LogP contribution in [0.15, 0.2) is 0 Å². The predicted molar refractivity (Wildman–Crippen MR) is 81.4 cm³/mol. The fourth-order valence-corrected chi connectivity index (χ4v) is 4.63. The van der Waals surface area contributed by atoms with E-state index in [1.165, 1.54) is 25.7 Å². The van der Waals surface area contributed by atoms with Gasteiger partial charge in [-0.05, 0) is 30.6 Å². The van der Waals surface area contributed by atoms with E-state index < -0.39 is 0 Å². The Labute approximate surface area is 123 Å². The third kappa shape index (κ3) is 3.03. The van der Waals surface area contributed by atoms with Gasteiger partial charge < -0.3 is 10.2 Å². The van der Waals surface area contributed by atoms with Gasteiger partial charge >= 0.3 is 0 Å². The summed E-state index contributed by atoms with van der Waals surface area (Å²) in [6, 6.07) is 0. The molecule has 1 aliphatic carbocycles. The van der Waals surface area contributed by atoms with Crippen LogP contribution in [-0.4, -0.2) is 37.0 Å². The van der Waals surface area contributed by atoms with E-state index >= 15 is 0 Å². The van der Waals surface area contributed by atoms with Gasteiger partial charge in [0.05, 0.1) is 0 Å². The molecule has 3 aliphatic rings. The van der Waals surface area contributed by atoms with Crippen molar-refractivity contribution in [1.82, 2.24) is 10.2 Å². The second kappa shape index (κ2) is 6.46. The average Bonchev–Trinajstić information content (AvgIpc) is 3.13. The summed E-state index contributed by atoms with van der Waals surface area (Å²) in [4.78, 5) is 15.1. The van der Waals surface area contributed by atoms with Gasteiger partial charge in [0, 0.05) is 32.1 Å². The number of likely N-dealkylation sites (tertiary alicyclic amines) is 1. The first kappa shape index (κ1) is 14.4. The van der Waals surface area contributed by atoms with E-state index in [0.717, 1.165) is 63.2 Å². The summed E-state index contributed by atoms with van der Waals surface area (Å²) in [5.41, 5.74) is 0. The minimum atomic E-state index is 0.315. The first-order valence-corrected chi connectivity index (χ1v) is 8.77. The van der Waals surface area contributed by atoms with Crippen molar-refractivity contribution in [2.24, 2.45) is 23.7 Å². The molecule has 1 saturated carbocycles. The molecule has 2 heterocycles. The number of hydrogen-bond donors (Lipinski definition) is 1. The standard InChI is InChI=1S/C17H30N2O/c1-2-5-14(8-13-6-3-4-7-13)17(20)19-11-15-9-18-10-16(15)12-19/h13-16,18H,2-12H2,1H3/t14?,15-,16+. The Bertz CT molecular complexity index is 326. The number of amides is 1. The number of nitrogens with one attached hydrogen (secondary N) is 1. The van der Waals surface area contributed by atoms with Crippen LogP contribution in [0.25, 0.3) is 0 Å². The molecule has 0 bridgehead atoms. The van der Waals surface area contributed by atoms with E-state index in [-0.39, 0.29) is 0 Å². The Morgan fingerprint density at radius 3 is 2.45 bits per heavy atom. The van der Waals surface area contributed by atoms with E-state index in [1.54, 1.807) is 0 Å². The van der Waals surface area contributed by atoms with E-state index in [1.807, 2.05) is 0 Å². The van der Waals surface area contributed by atoms with Crippen molar-refractivity contribution < 1.29 is 4.79 Å². The molecular weight excluding hydrogens is 248 g/mol. The van der Waals surface area contributed by atoms with E-state index in [2.05, 4.69) is 17.1 Å². The maximum Gasteiger partial charge on any atom is 0.225 e. The summed E-state index contributed by atoms with van der Waals surface area (Å²) >= 11 is 0. The van der Waals surface area contributed by atoms with Crippen LogP contribution in [0.2, 0.25) is 0 Å². The van der Waals surface area contributed by atoms with Gasteiger partial charge in [0.2, 0.25) is 5.91 Å². The lowest BCUT2D eigenvalue weighted by molar-refractivity contribution is -0.135. The highest BCUT2D eigenvalue weighted by Gasteiger charge is 2.39. The number of fused-ring (bicyclic) bond motifs is 1. The molecule has 0 radical (unpaired) electrons. The maximum absolute atomic E-state index is 12.9. The van der Waals surface area contributed by atoms with E-state index in [0.29, 0.717) is 11.8 Å². The minimum absolute atomic E-state index is 0.315. The molecule has 1 N–H and O–H groups in total. The summed E-state index contributed by atoms with van der Waals surface area (Å²) in [6.07, 6.45) is 8.90.